The van der Waals surface area contributed by atoms with E-state index in [2.05, 4.69) is 10.3 Å². The zero-order valence-electron chi connectivity index (χ0n) is 13.9. The molecule has 3 rings (SSSR count). The Bertz CT molecular complexity index is 829. The molecule has 8 nitrogen and oxygen atoms in total. The summed E-state index contributed by atoms with van der Waals surface area (Å²) in [6, 6.07) is 4.59. The Balaban J connectivity index is 1.77. The fraction of sp³-hybridized carbons (Fsp3) is 0.294. The van der Waals surface area contributed by atoms with Crippen molar-refractivity contribution in [3.63, 3.8) is 0 Å². The van der Waals surface area contributed by atoms with E-state index in [9.17, 15) is 14.4 Å². The first-order chi connectivity index (χ1) is 12.0. The number of methoxy groups -OCH3 is 1. The highest BCUT2D eigenvalue weighted by atomic mass is 16.5. The molecule has 0 unspecified atom stereocenters. The van der Waals surface area contributed by atoms with Crippen LogP contribution in [0.3, 0.4) is 0 Å². The lowest BCUT2D eigenvalue weighted by Gasteiger charge is -2.10. The van der Waals surface area contributed by atoms with Gasteiger partial charge in [-0.3, -0.25) is 14.4 Å². The van der Waals surface area contributed by atoms with E-state index >= 15 is 0 Å². The van der Waals surface area contributed by atoms with Crippen LogP contribution in [0.2, 0.25) is 0 Å². The first kappa shape index (κ1) is 16.7. The van der Waals surface area contributed by atoms with Gasteiger partial charge in [-0.05, 0) is 25.1 Å². The largest absolute Gasteiger partial charge is 0.481 e. The number of aromatic nitrogens is 1. The number of Topliss-reactive ketones (excluding diaryl/α,β-unsaturated/α-hetero) is 1. The monoisotopic (exact) mass is 343 g/mol. The topological polar surface area (TPSA) is 102 Å². The fourth-order valence-corrected chi connectivity index (χ4v) is 2.64. The van der Waals surface area contributed by atoms with Gasteiger partial charge in [0.05, 0.1) is 31.2 Å². The van der Waals surface area contributed by atoms with Gasteiger partial charge in [0, 0.05) is 18.7 Å². The van der Waals surface area contributed by atoms with Gasteiger partial charge in [0.25, 0.3) is 17.6 Å². The predicted molar refractivity (Wildman–Crippen MR) is 86.1 cm³/mol. The van der Waals surface area contributed by atoms with E-state index in [1.54, 1.807) is 11.0 Å². The Hall–Kier alpha value is -3.16. The maximum absolute atomic E-state index is 12.3. The van der Waals surface area contributed by atoms with Crippen LogP contribution in [0.1, 0.15) is 39.1 Å². The summed E-state index contributed by atoms with van der Waals surface area (Å²) in [7, 11) is 1.46. The summed E-state index contributed by atoms with van der Waals surface area (Å²) in [5.41, 5.74) is 1.66. The van der Waals surface area contributed by atoms with Gasteiger partial charge in [-0.15, -0.1) is 0 Å². The van der Waals surface area contributed by atoms with E-state index in [0.29, 0.717) is 35.8 Å². The van der Waals surface area contributed by atoms with Gasteiger partial charge in [0.1, 0.15) is 0 Å². The number of furan rings is 1. The van der Waals surface area contributed by atoms with Crippen LogP contribution in [0.25, 0.3) is 0 Å². The summed E-state index contributed by atoms with van der Waals surface area (Å²) in [6.07, 6.45) is 1.32. The van der Waals surface area contributed by atoms with Crippen molar-refractivity contribution in [2.75, 3.05) is 13.7 Å². The van der Waals surface area contributed by atoms with Gasteiger partial charge in [0.15, 0.2) is 5.76 Å². The van der Waals surface area contributed by atoms with Crippen LogP contribution < -0.4 is 10.1 Å². The highest BCUT2D eigenvalue weighted by Crippen LogP contribution is 2.26. The summed E-state index contributed by atoms with van der Waals surface area (Å²) in [4.78, 5) is 42.1. The molecule has 0 bridgehead atoms. The van der Waals surface area contributed by atoms with Crippen LogP contribution >= 0.6 is 0 Å². The number of nitrogens with zero attached hydrogens (tertiary/aromatic N) is 2. The van der Waals surface area contributed by atoms with Crippen LogP contribution in [0.15, 0.2) is 28.9 Å². The van der Waals surface area contributed by atoms with Gasteiger partial charge in [-0.25, -0.2) is 4.98 Å². The lowest BCUT2D eigenvalue weighted by atomic mass is 10.1. The second-order valence-electron chi connectivity index (χ2n) is 5.46. The fourth-order valence-electron chi connectivity index (χ4n) is 2.64. The molecule has 3 heterocycles. The van der Waals surface area contributed by atoms with Crippen LogP contribution in [-0.2, 0) is 17.9 Å². The minimum absolute atomic E-state index is 0.00808. The number of rotatable bonds is 6. The second-order valence-corrected chi connectivity index (χ2v) is 5.46. The van der Waals surface area contributed by atoms with Crippen molar-refractivity contribution >= 4 is 17.6 Å². The summed E-state index contributed by atoms with van der Waals surface area (Å²) in [6.45, 7) is 2.92. The minimum Gasteiger partial charge on any atom is -0.481 e. The standard InChI is InChI=1S/C17H17N3O5/c1-3-20-9-12-11(17(20)23)7-10(16(19-12)24-2)8-18-15(22)14(21)13-5-4-6-25-13/h4-7H,3,8-9H2,1-2H3,(H,18,22). The van der Waals surface area contributed by atoms with Crippen molar-refractivity contribution in [2.45, 2.75) is 20.0 Å². The Morgan fingerprint density at radius 2 is 2.24 bits per heavy atom. The molecule has 2 aromatic heterocycles. The summed E-state index contributed by atoms with van der Waals surface area (Å²) >= 11 is 0. The van der Waals surface area contributed by atoms with Gasteiger partial charge in [-0.1, -0.05) is 0 Å². The Morgan fingerprint density at radius 1 is 1.44 bits per heavy atom. The molecular formula is C17H17N3O5. The number of hydrogen-bond donors (Lipinski definition) is 1. The normalized spacial score (nSPS) is 12.9. The first-order valence-electron chi connectivity index (χ1n) is 7.77. The number of carbonyl (C=O) groups excluding carboxylic acids is 3. The molecule has 0 spiro atoms. The molecule has 1 N–H and O–H groups in total. The number of ketones is 1. The summed E-state index contributed by atoms with van der Waals surface area (Å²) in [5.74, 6) is -1.40. The quantitative estimate of drug-likeness (QED) is 0.624. The Kier molecular flexibility index (Phi) is 4.51. The van der Waals surface area contributed by atoms with E-state index in [-0.39, 0.29) is 18.2 Å². The molecule has 0 aliphatic carbocycles. The predicted octanol–water partition coefficient (Wildman–Crippen LogP) is 1.16. The third-order valence-corrected chi connectivity index (χ3v) is 3.96. The maximum atomic E-state index is 12.3. The number of amides is 2. The molecule has 2 aromatic rings. The zero-order valence-corrected chi connectivity index (χ0v) is 13.9. The van der Waals surface area contributed by atoms with Crippen LogP contribution in [-0.4, -0.2) is 41.1 Å². The van der Waals surface area contributed by atoms with Crippen molar-refractivity contribution < 1.29 is 23.5 Å². The van der Waals surface area contributed by atoms with Crippen molar-refractivity contribution in [3.05, 3.63) is 47.0 Å². The molecule has 0 atom stereocenters. The average molecular weight is 343 g/mol. The van der Waals surface area contributed by atoms with Crippen molar-refractivity contribution in [1.29, 1.82) is 0 Å². The van der Waals surface area contributed by atoms with Crippen molar-refractivity contribution in [2.24, 2.45) is 0 Å². The van der Waals surface area contributed by atoms with Crippen molar-refractivity contribution in [1.82, 2.24) is 15.2 Å². The van der Waals surface area contributed by atoms with E-state index in [1.165, 1.54) is 25.5 Å². The number of hydrogen-bond acceptors (Lipinski definition) is 6. The number of fused-ring (bicyclic) bond motifs is 1. The van der Waals surface area contributed by atoms with Crippen LogP contribution in [0.4, 0.5) is 0 Å². The SMILES string of the molecule is CCN1Cc2nc(OC)c(CNC(=O)C(=O)c3ccco3)cc2C1=O. The molecule has 0 aromatic carbocycles. The molecule has 130 valence electrons. The van der Waals surface area contributed by atoms with E-state index in [4.69, 9.17) is 9.15 Å². The zero-order chi connectivity index (χ0) is 18.0. The third-order valence-electron chi connectivity index (χ3n) is 3.96. The number of nitrogens with one attached hydrogen (secondary N) is 1. The smallest absolute Gasteiger partial charge is 0.296 e. The first-order valence-corrected chi connectivity index (χ1v) is 7.77. The van der Waals surface area contributed by atoms with Gasteiger partial charge >= 0.3 is 0 Å². The molecule has 0 fully saturated rings. The molecule has 1 aliphatic rings. The number of ether oxygens (including phenoxy) is 1. The molecule has 2 amide bonds. The lowest BCUT2D eigenvalue weighted by molar-refractivity contribution is -0.117. The number of carbonyl (C=O) groups is 3. The Labute approximate surface area is 143 Å². The van der Waals surface area contributed by atoms with Gasteiger partial charge in [-0.2, -0.15) is 0 Å². The van der Waals surface area contributed by atoms with Crippen LogP contribution in [0, 0.1) is 0 Å². The van der Waals surface area contributed by atoms with Gasteiger partial charge in [0.2, 0.25) is 5.88 Å². The molecular weight excluding hydrogens is 326 g/mol. The molecule has 0 saturated heterocycles. The molecule has 1 aliphatic heterocycles. The van der Waals surface area contributed by atoms with Gasteiger partial charge < -0.3 is 19.4 Å². The number of pyridine rings is 1. The van der Waals surface area contributed by atoms with Crippen molar-refractivity contribution in [3.8, 4) is 5.88 Å². The maximum Gasteiger partial charge on any atom is 0.296 e. The molecule has 0 radical (unpaired) electrons. The van der Waals surface area contributed by atoms with Crippen LogP contribution in [0.5, 0.6) is 5.88 Å². The third kappa shape index (κ3) is 3.10. The minimum atomic E-state index is -0.806. The summed E-state index contributed by atoms with van der Waals surface area (Å²) in [5, 5.41) is 2.50. The molecule has 25 heavy (non-hydrogen) atoms. The lowest BCUT2D eigenvalue weighted by Crippen LogP contribution is -2.30. The Morgan fingerprint density at radius 3 is 2.88 bits per heavy atom. The highest BCUT2D eigenvalue weighted by molar-refractivity contribution is 6.41. The van der Waals surface area contributed by atoms with E-state index in [0.717, 1.165) is 0 Å². The highest BCUT2D eigenvalue weighted by Gasteiger charge is 2.29. The van der Waals surface area contributed by atoms with E-state index in [1.807, 2.05) is 6.92 Å². The molecule has 8 heteroatoms. The average Bonchev–Trinajstić information content (AvgIpc) is 3.26. The second kappa shape index (κ2) is 6.76. The molecule has 0 saturated carbocycles. The summed E-state index contributed by atoms with van der Waals surface area (Å²) < 4.78 is 10.2. The van der Waals surface area contributed by atoms with E-state index < -0.39 is 11.7 Å².